The van der Waals surface area contributed by atoms with Crippen LogP contribution in [-0.2, 0) is 0 Å². The number of hydrogen-bond acceptors (Lipinski definition) is 5. The minimum absolute atomic E-state index is 0.581. The fraction of sp³-hybridized carbons (Fsp3) is 0. The molecule has 0 amide bonds. The van der Waals surface area contributed by atoms with Crippen LogP contribution in [0.25, 0.3) is 67.7 Å². The predicted octanol–water partition coefficient (Wildman–Crippen LogP) is 8.80. The minimum atomic E-state index is 0.581. The first kappa shape index (κ1) is 24.8. The van der Waals surface area contributed by atoms with Crippen LogP contribution in [0.5, 0.6) is 0 Å². The molecule has 0 aliphatic heterocycles. The van der Waals surface area contributed by atoms with Crippen LogP contribution < -0.4 is 0 Å². The Labute approximate surface area is 242 Å². The van der Waals surface area contributed by atoms with Gasteiger partial charge in [-0.2, -0.15) is 0 Å². The van der Waals surface area contributed by atoms with Crippen molar-refractivity contribution in [1.29, 1.82) is 0 Å². The Morgan fingerprint density at radius 1 is 0.341 bits per heavy atom. The summed E-state index contributed by atoms with van der Waals surface area (Å²) in [5, 5.41) is 0.643. The van der Waals surface area contributed by atoms with E-state index in [0.717, 1.165) is 50.2 Å². The Morgan fingerprint density at radius 2 is 0.756 bits per heavy atom. The van der Waals surface area contributed by atoms with Crippen molar-refractivity contribution in [2.45, 2.75) is 0 Å². The van der Waals surface area contributed by atoms with E-state index in [1.165, 1.54) is 0 Å². The lowest BCUT2D eigenvalue weighted by Crippen LogP contribution is -2.00. The third-order valence-corrected chi connectivity index (χ3v) is 7.00. The maximum Gasteiger partial charge on any atom is 0.164 e. The molecule has 0 fully saturated rings. The van der Waals surface area contributed by atoms with Crippen LogP contribution in [0.15, 0.2) is 133 Å². The van der Waals surface area contributed by atoms with Gasteiger partial charge in [0.15, 0.2) is 17.5 Å². The molecule has 6 heteroatoms. The molecule has 7 rings (SSSR count). The fourth-order valence-electron chi connectivity index (χ4n) is 4.78. The highest BCUT2D eigenvalue weighted by Crippen LogP contribution is 2.34. The van der Waals surface area contributed by atoms with E-state index < -0.39 is 0 Å². The molecule has 0 radical (unpaired) electrons. The van der Waals surface area contributed by atoms with Gasteiger partial charge in [-0.1, -0.05) is 115 Å². The molecule has 0 unspecified atom stereocenters. The van der Waals surface area contributed by atoms with E-state index in [1.807, 2.05) is 127 Å². The van der Waals surface area contributed by atoms with Gasteiger partial charge < -0.3 is 0 Å². The molecule has 5 aromatic carbocycles. The third-order valence-electron chi connectivity index (χ3n) is 6.76. The number of fused-ring (bicyclic) bond motifs is 1. The van der Waals surface area contributed by atoms with Crippen molar-refractivity contribution in [3.63, 3.8) is 0 Å². The van der Waals surface area contributed by atoms with E-state index in [4.69, 9.17) is 36.5 Å². The topological polar surface area (TPSA) is 64.5 Å². The van der Waals surface area contributed by atoms with Gasteiger partial charge in [-0.05, 0) is 30.3 Å². The van der Waals surface area contributed by atoms with Crippen LogP contribution in [0, 0.1) is 0 Å². The number of hydrogen-bond donors (Lipinski definition) is 0. The van der Waals surface area contributed by atoms with Crippen LogP contribution in [0.1, 0.15) is 0 Å². The van der Waals surface area contributed by atoms with Gasteiger partial charge in [0, 0.05) is 32.8 Å². The van der Waals surface area contributed by atoms with E-state index in [9.17, 15) is 0 Å². The van der Waals surface area contributed by atoms with Gasteiger partial charge >= 0.3 is 0 Å². The van der Waals surface area contributed by atoms with Crippen LogP contribution in [-0.4, -0.2) is 24.9 Å². The number of aromatic nitrogens is 5. The molecule has 194 valence electrons. The van der Waals surface area contributed by atoms with Gasteiger partial charge in [0.25, 0.3) is 0 Å². The quantitative estimate of drug-likeness (QED) is 0.215. The summed E-state index contributed by atoms with van der Waals surface area (Å²) in [6.07, 6.45) is 0. The second kappa shape index (κ2) is 10.7. The predicted molar refractivity (Wildman–Crippen MR) is 165 cm³/mol. The Balaban J connectivity index is 1.41. The fourth-order valence-corrected chi connectivity index (χ4v) is 4.97. The molecule has 2 heterocycles. The molecule has 5 nitrogen and oxygen atoms in total. The first-order chi connectivity index (χ1) is 20.2. The van der Waals surface area contributed by atoms with Crippen molar-refractivity contribution >= 4 is 22.6 Å². The van der Waals surface area contributed by atoms with Gasteiger partial charge in [-0.3, -0.25) is 0 Å². The molecular weight excluding hydrogens is 526 g/mol. The van der Waals surface area contributed by atoms with Crippen molar-refractivity contribution in [3.8, 4) is 56.7 Å². The molecule has 41 heavy (non-hydrogen) atoms. The largest absolute Gasteiger partial charge is 0.244 e. The summed E-state index contributed by atoms with van der Waals surface area (Å²) < 4.78 is 0. The third kappa shape index (κ3) is 5.07. The van der Waals surface area contributed by atoms with Gasteiger partial charge in [0.05, 0.1) is 22.4 Å². The summed E-state index contributed by atoms with van der Waals surface area (Å²) in [4.78, 5) is 24.7. The number of halogens is 1. The summed E-state index contributed by atoms with van der Waals surface area (Å²) in [6, 6.07) is 43.6. The second-order valence-corrected chi connectivity index (χ2v) is 9.98. The summed E-state index contributed by atoms with van der Waals surface area (Å²) in [5.41, 5.74) is 7.65. The molecular formula is C35H22ClN5. The maximum absolute atomic E-state index is 6.38. The van der Waals surface area contributed by atoms with Crippen molar-refractivity contribution in [2.75, 3.05) is 0 Å². The van der Waals surface area contributed by atoms with E-state index >= 15 is 0 Å². The minimum Gasteiger partial charge on any atom is -0.244 e. The Kier molecular flexibility index (Phi) is 6.47. The normalized spacial score (nSPS) is 11.0. The smallest absolute Gasteiger partial charge is 0.164 e. The van der Waals surface area contributed by atoms with E-state index in [0.29, 0.717) is 22.5 Å². The van der Waals surface area contributed by atoms with E-state index in [-0.39, 0.29) is 0 Å². The Bertz CT molecular complexity index is 1950. The molecule has 0 atom stereocenters. The molecule has 0 saturated carbocycles. The zero-order valence-electron chi connectivity index (χ0n) is 21.8. The van der Waals surface area contributed by atoms with Crippen molar-refractivity contribution in [3.05, 3.63) is 138 Å². The van der Waals surface area contributed by atoms with Gasteiger partial charge in [0.2, 0.25) is 0 Å². The van der Waals surface area contributed by atoms with Gasteiger partial charge in [-0.25, -0.2) is 24.9 Å². The van der Waals surface area contributed by atoms with Gasteiger partial charge in [-0.15, -0.1) is 0 Å². The van der Waals surface area contributed by atoms with Crippen molar-refractivity contribution < 1.29 is 0 Å². The zero-order valence-corrected chi connectivity index (χ0v) is 22.6. The SMILES string of the molecule is Clc1cccc(-c2nc3ccccc3nc2-c2cccc(-c3nc(-c4ccccc4)nc(-c4ccccc4)n3)c2)c1. The summed E-state index contributed by atoms with van der Waals surface area (Å²) in [5.74, 6) is 1.81. The highest BCUT2D eigenvalue weighted by molar-refractivity contribution is 6.30. The van der Waals surface area contributed by atoms with Crippen LogP contribution in [0.2, 0.25) is 5.02 Å². The highest BCUT2D eigenvalue weighted by atomic mass is 35.5. The summed E-state index contributed by atoms with van der Waals surface area (Å²) in [7, 11) is 0. The maximum atomic E-state index is 6.38. The lowest BCUT2D eigenvalue weighted by Gasteiger charge is -2.12. The van der Waals surface area contributed by atoms with Crippen LogP contribution in [0.4, 0.5) is 0 Å². The van der Waals surface area contributed by atoms with E-state index in [2.05, 4.69) is 6.07 Å². The standard InChI is InChI=1S/C35H22ClN5/c36-28-18-10-16-26(22-28)32-31(37-29-19-7-8-20-30(29)38-32)25-15-9-17-27(21-25)35-40-33(23-11-3-1-4-12-23)39-34(41-35)24-13-5-2-6-14-24/h1-22H. The number of para-hydroxylation sites is 2. The molecule has 0 aliphatic rings. The molecule has 0 spiro atoms. The van der Waals surface area contributed by atoms with Crippen LogP contribution in [0.3, 0.4) is 0 Å². The summed E-state index contributed by atoms with van der Waals surface area (Å²) >= 11 is 6.38. The summed E-state index contributed by atoms with van der Waals surface area (Å²) in [6.45, 7) is 0. The highest BCUT2D eigenvalue weighted by Gasteiger charge is 2.16. The van der Waals surface area contributed by atoms with Gasteiger partial charge in [0.1, 0.15) is 0 Å². The number of nitrogens with zero attached hydrogens (tertiary/aromatic N) is 5. The lowest BCUT2D eigenvalue weighted by atomic mass is 10.0. The monoisotopic (exact) mass is 547 g/mol. The molecule has 7 aromatic rings. The lowest BCUT2D eigenvalue weighted by molar-refractivity contribution is 1.07. The zero-order chi connectivity index (χ0) is 27.6. The molecule has 0 bridgehead atoms. The number of benzene rings is 5. The average Bonchev–Trinajstić information content (AvgIpc) is 3.05. The second-order valence-electron chi connectivity index (χ2n) is 9.54. The average molecular weight is 548 g/mol. The van der Waals surface area contributed by atoms with Crippen LogP contribution >= 0.6 is 11.6 Å². The van der Waals surface area contributed by atoms with E-state index in [1.54, 1.807) is 0 Å². The first-order valence-electron chi connectivity index (χ1n) is 13.2. The Morgan fingerprint density at radius 3 is 1.29 bits per heavy atom. The Hall–Kier alpha value is -5.26. The molecule has 0 aliphatic carbocycles. The van der Waals surface area contributed by atoms with Crippen molar-refractivity contribution in [1.82, 2.24) is 24.9 Å². The number of rotatable bonds is 5. The molecule has 2 aromatic heterocycles. The molecule has 0 saturated heterocycles. The van der Waals surface area contributed by atoms with Crippen molar-refractivity contribution in [2.24, 2.45) is 0 Å². The first-order valence-corrected chi connectivity index (χ1v) is 13.6. The molecule has 0 N–H and O–H groups in total.